The third-order valence-corrected chi connectivity index (χ3v) is 1.89. The van der Waals surface area contributed by atoms with E-state index in [1.54, 1.807) is 0 Å². The van der Waals surface area contributed by atoms with Crippen LogP contribution in [0.4, 0.5) is 0 Å². The summed E-state index contributed by atoms with van der Waals surface area (Å²) in [6.07, 6.45) is 0. The summed E-state index contributed by atoms with van der Waals surface area (Å²) >= 11 is 2.22. The number of nitrogens with zero attached hydrogens (tertiary/aromatic N) is 2. The molecule has 4 heteroatoms. The Kier molecular flexibility index (Phi) is 9.21. The standard InChI is InChI=1S/C12H19N2.ClH.Pd/c1-13(2)9-11-6-5-7-12(8-11)10-14(3)4;;/h5-7H,9-10H2,1-4H3;1H;/q-1;;+2/p-1. The van der Waals surface area contributed by atoms with E-state index in [9.17, 15) is 0 Å². The van der Waals surface area contributed by atoms with E-state index in [0.717, 1.165) is 13.1 Å². The van der Waals surface area contributed by atoms with Gasteiger partial charge in [-0.1, -0.05) is 0 Å². The molecule has 0 aliphatic heterocycles. The molecule has 0 aliphatic carbocycles. The summed E-state index contributed by atoms with van der Waals surface area (Å²) < 4.78 is 0. The van der Waals surface area contributed by atoms with Gasteiger partial charge in [0.1, 0.15) is 0 Å². The van der Waals surface area contributed by atoms with E-state index in [1.165, 1.54) is 11.1 Å². The van der Waals surface area contributed by atoms with E-state index in [0.29, 0.717) is 0 Å². The fourth-order valence-corrected chi connectivity index (χ4v) is 1.44. The molecule has 1 rings (SSSR count). The summed E-state index contributed by atoms with van der Waals surface area (Å²) in [5.74, 6) is 0. The Morgan fingerprint density at radius 1 is 1.00 bits per heavy atom. The topological polar surface area (TPSA) is 6.48 Å². The van der Waals surface area contributed by atoms with Crippen LogP contribution < -0.4 is 0 Å². The molecule has 0 saturated carbocycles. The summed E-state index contributed by atoms with van der Waals surface area (Å²) in [5.41, 5.74) is 2.52. The van der Waals surface area contributed by atoms with E-state index in [4.69, 9.17) is 0 Å². The third kappa shape index (κ3) is 7.38. The maximum absolute atomic E-state index is 4.49. The van der Waals surface area contributed by atoms with Crippen LogP contribution in [-0.2, 0) is 31.3 Å². The van der Waals surface area contributed by atoms with Crippen molar-refractivity contribution in [2.75, 3.05) is 28.2 Å². The average molecular weight is 333 g/mol. The zero-order chi connectivity index (χ0) is 12.6. The van der Waals surface area contributed by atoms with Crippen molar-refractivity contribution in [2.45, 2.75) is 13.1 Å². The Morgan fingerprint density at radius 3 is 1.69 bits per heavy atom. The Bertz CT molecular complexity index is 265. The van der Waals surface area contributed by atoms with Gasteiger partial charge in [0.05, 0.1) is 0 Å². The molecule has 0 saturated heterocycles. The van der Waals surface area contributed by atoms with Crippen LogP contribution in [0.1, 0.15) is 11.1 Å². The molecular formula is C12H19ClN2Pd. The first-order chi connectivity index (χ1) is 7.58. The molecule has 94 valence electrons. The van der Waals surface area contributed by atoms with E-state index < -0.39 is 0 Å². The average Bonchev–Trinajstić information content (AvgIpc) is 2.19. The minimum absolute atomic E-state index is 0.960. The Labute approximate surface area is 114 Å². The van der Waals surface area contributed by atoms with Gasteiger partial charge in [-0.2, -0.15) is 24.3 Å². The normalized spacial score (nSPS) is 10.3. The van der Waals surface area contributed by atoms with Crippen molar-refractivity contribution in [1.29, 1.82) is 0 Å². The predicted octanol–water partition coefficient (Wildman–Crippen LogP) is 2.30. The van der Waals surface area contributed by atoms with Gasteiger partial charge in [0, 0.05) is 13.1 Å². The molecule has 0 aromatic heterocycles. The molecule has 16 heavy (non-hydrogen) atoms. The molecule has 1 aromatic rings. The fraction of sp³-hybridized carbons (Fsp3) is 0.500. The zero-order valence-corrected chi connectivity index (χ0v) is 12.5. The van der Waals surface area contributed by atoms with E-state index in [-0.39, 0.29) is 0 Å². The molecule has 0 heterocycles. The monoisotopic (exact) mass is 332 g/mol. The van der Waals surface area contributed by atoms with Gasteiger partial charge in [-0.25, -0.2) is 0 Å². The van der Waals surface area contributed by atoms with Gasteiger partial charge in [-0.3, -0.25) is 0 Å². The van der Waals surface area contributed by atoms with Crippen molar-refractivity contribution in [1.82, 2.24) is 9.80 Å². The quantitative estimate of drug-likeness (QED) is 0.616. The van der Waals surface area contributed by atoms with Crippen molar-refractivity contribution < 1.29 is 18.2 Å². The molecule has 2 nitrogen and oxygen atoms in total. The third-order valence-electron chi connectivity index (χ3n) is 1.89. The van der Waals surface area contributed by atoms with Crippen LogP contribution in [-0.4, -0.2) is 38.0 Å². The Morgan fingerprint density at radius 2 is 1.38 bits per heavy atom. The predicted molar refractivity (Wildman–Crippen MR) is 65.9 cm³/mol. The van der Waals surface area contributed by atoms with E-state index in [2.05, 4.69) is 90.0 Å². The Hall–Kier alpha value is 0.0923. The first-order valence-corrected chi connectivity index (χ1v) is 6.99. The first-order valence-electron chi connectivity index (χ1n) is 4.99. The van der Waals surface area contributed by atoms with Crippen molar-refractivity contribution in [3.05, 3.63) is 35.4 Å². The van der Waals surface area contributed by atoms with Crippen molar-refractivity contribution in [3.63, 3.8) is 0 Å². The molecule has 0 atom stereocenters. The summed E-state index contributed by atoms with van der Waals surface area (Å²) in [5, 5.41) is 0. The van der Waals surface area contributed by atoms with Crippen LogP contribution in [0.3, 0.4) is 0 Å². The summed E-state index contributed by atoms with van der Waals surface area (Å²) in [6.45, 7) is 1.92. The molecule has 0 unspecified atom stereocenters. The van der Waals surface area contributed by atoms with Gasteiger partial charge in [-0.15, -0.1) is 11.1 Å². The maximum atomic E-state index is 4.49. The van der Waals surface area contributed by atoms with E-state index in [1.807, 2.05) is 0 Å². The number of hydrogen-bond donors (Lipinski definition) is 0. The second-order valence-corrected chi connectivity index (χ2v) is 4.18. The van der Waals surface area contributed by atoms with Crippen LogP contribution >= 0.6 is 9.53 Å². The second-order valence-electron chi connectivity index (χ2n) is 4.18. The van der Waals surface area contributed by atoms with Gasteiger partial charge < -0.3 is 9.80 Å². The van der Waals surface area contributed by atoms with Crippen LogP contribution in [0.25, 0.3) is 0 Å². The zero-order valence-electron chi connectivity index (χ0n) is 10.2. The molecular weight excluding hydrogens is 314 g/mol. The van der Waals surface area contributed by atoms with Crippen molar-refractivity contribution in [2.24, 2.45) is 0 Å². The molecule has 0 bridgehead atoms. The molecule has 0 radical (unpaired) electrons. The summed E-state index contributed by atoms with van der Waals surface area (Å²) in [6, 6.07) is 9.78. The Balaban J connectivity index is 0.00000106. The summed E-state index contributed by atoms with van der Waals surface area (Å²) in [4.78, 5) is 4.32. The SMILES string of the molecule is CN(C)Cc1[c-]c(CN(C)C)ccc1.[Cl][Pd+]. The van der Waals surface area contributed by atoms with Crippen LogP contribution in [0.2, 0.25) is 0 Å². The van der Waals surface area contributed by atoms with Gasteiger partial charge in [-0.05, 0) is 28.2 Å². The minimum atomic E-state index is 0.960. The molecule has 0 aliphatic rings. The number of rotatable bonds is 4. The van der Waals surface area contributed by atoms with Gasteiger partial charge in [0.15, 0.2) is 0 Å². The van der Waals surface area contributed by atoms with Crippen LogP contribution in [0.15, 0.2) is 18.2 Å². The number of hydrogen-bond acceptors (Lipinski definition) is 2. The number of benzene rings is 1. The van der Waals surface area contributed by atoms with Crippen LogP contribution in [0, 0.1) is 6.07 Å². The molecule has 1 aromatic carbocycles. The van der Waals surface area contributed by atoms with Crippen LogP contribution in [0.5, 0.6) is 0 Å². The van der Waals surface area contributed by atoms with Crippen molar-refractivity contribution >= 4 is 9.53 Å². The van der Waals surface area contributed by atoms with E-state index >= 15 is 0 Å². The fourth-order valence-electron chi connectivity index (χ4n) is 1.44. The van der Waals surface area contributed by atoms with Gasteiger partial charge in [0.2, 0.25) is 0 Å². The number of halogens is 1. The van der Waals surface area contributed by atoms with Gasteiger partial charge in [0.25, 0.3) is 0 Å². The second kappa shape index (κ2) is 9.16. The molecule has 0 fully saturated rings. The molecule has 0 amide bonds. The molecule has 0 spiro atoms. The summed E-state index contributed by atoms with van der Waals surface area (Å²) in [7, 11) is 12.8. The van der Waals surface area contributed by atoms with Crippen molar-refractivity contribution in [3.8, 4) is 0 Å². The first kappa shape index (κ1) is 16.1. The molecule has 0 N–H and O–H groups in total. The van der Waals surface area contributed by atoms with Gasteiger partial charge >= 0.3 is 27.7 Å².